The van der Waals surface area contributed by atoms with Crippen LogP contribution in [0, 0.1) is 11.3 Å². The summed E-state index contributed by atoms with van der Waals surface area (Å²) >= 11 is 5.97. The standard InChI is InChI=1S/C19H19ClN2O/c1-15(23)4-2-10-19(14-21,12-16-5-3-11-22-13-16)17-6-8-18(20)9-7-17/h3,5-9,11,13H,2,4,10,12H2,1H3. The predicted molar refractivity (Wildman–Crippen MR) is 91.2 cm³/mol. The number of nitriles is 1. The van der Waals surface area contributed by atoms with Crippen LogP contribution in [0.4, 0.5) is 0 Å². The molecule has 0 aliphatic rings. The Morgan fingerprint density at radius 1 is 1.30 bits per heavy atom. The van der Waals surface area contributed by atoms with Gasteiger partial charge in [0.05, 0.1) is 11.5 Å². The number of nitrogens with zero attached hydrogens (tertiary/aromatic N) is 2. The van der Waals surface area contributed by atoms with Crippen LogP contribution in [0.2, 0.25) is 5.02 Å². The highest BCUT2D eigenvalue weighted by atomic mass is 35.5. The SMILES string of the molecule is CC(=O)CCCC(C#N)(Cc1cccnc1)c1ccc(Cl)cc1. The Morgan fingerprint density at radius 2 is 2.04 bits per heavy atom. The van der Waals surface area contributed by atoms with Gasteiger partial charge < -0.3 is 4.79 Å². The number of halogens is 1. The molecule has 0 N–H and O–H groups in total. The maximum Gasteiger partial charge on any atom is 0.129 e. The molecule has 118 valence electrons. The van der Waals surface area contributed by atoms with E-state index in [1.807, 2.05) is 24.3 Å². The molecule has 0 aliphatic heterocycles. The van der Waals surface area contributed by atoms with E-state index >= 15 is 0 Å². The average molecular weight is 327 g/mol. The normalized spacial score (nSPS) is 13.1. The zero-order valence-electron chi connectivity index (χ0n) is 13.1. The van der Waals surface area contributed by atoms with Gasteiger partial charge in [-0.1, -0.05) is 29.8 Å². The van der Waals surface area contributed by atoms with Crippen LogP contribution in [0.5, 0.6) is 0 Å². The summed E-state index contributed by atoms with van der Waals surface area (Å²) in [5.74, 6) is 0.148. The smallest absolute Gasteiger partial charge is 0.129 e. The molecule has 1 unspecified atom stereocenters. The molecule has 0 spiro atoms. The minimum Gasteiger partial charge on any atom is -0.300 e. The van der Waals surface area contributed by atoms with E-state index < -0.39 is 5.41 Å². The Labute approximate surface area is 141 Å². The molecule has 1 aromatic heterocycles. The molecule has 2 aromatic rings. The zero-order valence-corrected chi connectivity index (χ0v) is 13.9. The van der Waals surface area contributed by atoms with Crippen molar-refractivity contribution in [1.29, 1.82) is 5.26 Å². The molecule has 0 aliphatic carbocycles. The molecule has 1 aromatic carbocycles. The number of Topliss-reactive ketones (excluding diaryl/α,β-unsaturated/α-hetero) is 1. The molecule has 0 bridgehead atoms. The van der Waals surface area contributed by atoms with Gasteiger partial charge in [0, 0.05) is 23.8 Å². The van der Waals surface area contributed by atoms with Gasteiger partial charge in [0.1, 0.15) is 5.78 Å². The number of carbonyl (C=O) groups is 1. The summed E-state index contributed by atoms with van der Waals surface area (Å²) < 4.78 is 0. The third kappa shape index (κ3) is 4.64. The number of rotatable bonds is 7. The van der Waals surface area contributed by atoms with E-state index in [0.29, 0.717) is 30.7 Å². The van der Waals surface area contributed by atoms with Crippen molar-refractivity contribution in [2.45, 2.75) is 38.0 Å². The van der Waals surface area contributed by atoms with Crippen molar-refractivity contribution in [3.05, 3.63) is 64.9 Å². The first-order chi connectivity index (χ1) is 11.1. The Kier molecular flexibility index (Phi) is 5.90. The number of hydrogen-bond acceptors (Lipinski definition) is 3. The predicted octanol–water partition coefficient (Wildman–Crippen LogP) is 4.50. The van der Waals surface area contributed by atoms with Gasteiger partial charge >= 0.3 is 0 Å². The molecule has 23 heavy (non-hydrogen) atoms. The van der Waals surface area contributed by atoms with Crippen LogP contribution in [0.15, 0.2) is 48.8 Å². The largest absolute Gasteiger partial charge is 0.300 e. The maximum atomic E-state index is 11.2. The van der Waals surface area contributed by atoms with Crippen LogP contribution in [-0.4, -0.2) is 10.8 Å². The summed E-state index contributed by atoms with van der Waals surface area (Å²) in [4.78, 5) is 15.4. The van der Waals surface area contributed by atoms with E-state index in [4.69, 9.17) is 11.6 Å². The average Bonchev–Trinajstić information content (AvgIpc) is 2.55. The van der Waals surface area contributed by atoms with Crippen LogP contribution in [-0.2, 0) is 16.6 Å². The van der Waals surface area contributed by atoms with Gasteiger partial charge in [-0.25, -0.2) is 0 Å². The number of carbonyl (C=O) groups excluding carboxylic acids is 1. The Morgan fingerprint density at radius 3 is 2.61 bits per heavy atom. The second kappa shape index (κ2) is 7.89. The Balaban J connectivity index is 2.33. The number of pyridine rings is 1. The summed E-state index contributed by atoms with van der Waals surface area (Å²) in [6.45, 7) is 1.58. The van der Waals surface area contributed by atoms with Crippen LogP contribution in [0.3, 0.4) is 0 Å². The first-order valence-electron chi connectivity index (χ1n) is 7.61. The van der Waals surface area contributed by atoms with Gasteiger partial charge in [-0.15, -0.1) is 0 Å². The van der Waals surface area contributed by atoms with Crippen molar-refractivity contribution in [2.24, 2.45) is 0 Å². The molecule has 3 nitrogen and oxygen atoms in total. The van der Waals surface area contributed by atoms with Crippen LogP contribution >= 0.6 is 11.6 Å². The van der Waals surface area contributed by atoms with Gasteiger partial charge in [-0.05, 0) is 55.5 Å². The fraction of sp³-hybridized carbons (Fsp3) is 0.316. The lowest BCUT2D eigenvalue weighted by molar-refractivity contribution is -0.117. The first kappa shape index (κ1) is 17.2. The van der Waals surface area contributed by atoms with Gasteiger partial charge in [0.15, 0.2) is 0 Å². The fourth-order valence-corrected chi connectivity index (χ4v) is 2.88. The summed E-state index contributed by atoms with van der Waals surface area (Å²) in [5, 5.41) is 10.6. The lowest BCUT2D eigenvalue weighted by Gasteiger charge is -2.27. The van der Waals surface area contributed by atoms with Crippen molar-refractivity contribution >= 4 is 17.4 Å². The van der Waals surface area contributed by atoms with Crippen molar-refractivity contribution in [2.75, 3.05) is 0 Å². The van der Waals surface area contributed by atoms with Gasteiger partial charge in [0.2, 0.25) is 0 Å². The third-order valence-electron chi connectivity index (χ3n) is 3.97. The van der Waals surface area contributed by atoms with Crippen molar-refractivity contribution in [1.82, 2.24) is 4.98 Å². The van der Waals surface area contributed by atoms with Gasteiger partial charge in [-0.3, -0.25) is 4.98 Å². The first-order valence-corrected chi connectivity index (χ1v) is 7.99. The van der Waals surface area contributed by atoms with Crippen LogP contribution in [0.25, 0.3) is 0 Å². The number of aromatic nitrogens is 1. The second-order valence-electron chi connectivity index (χ2n) is 5.79. The molecular formula is C19H19ClN2O. The monoisotopic (exact) mass is 326 g/mol. The molecule has 1 atom stereocenters. The van der Waals surface area contributed by atoms with Crippen molar-refractivity contribution in [3.8, 4) is 6.07 Å². The highest BCUT2D eigenvalue weighted by Gasteiger charge is 2.32. The topological polar surface area (TPSA) is 53.8 Å². The molecule has 1 heterocycles. The summed E-state index contributed by atoms with van der Waals surface area (Å²) in [6.07, 6.45) is 5.87. The molecule has 0 amide bonds. The molecule has 0 radical (unpaired) electrons. The highest BCUT2D eigenvalue weighted by molar-refractivity contribution is 6.30. The number of hydrogen-bond donors (Lipinski definition) is 0. The lowest BCUT2D eigenvalue weighted by atomic mass is 9.73. The van der Waals surface area contributed by atoms with E-state index in [0.717, 1.165) is 11.1 Å². The maximum absolute atomic E-state index is 11.2. The molecule has 4 heteroatoms. The molecule has 2 rings (SSSR count). The summed E-state index contributed by atoms with van der Waals surface area (Å²) in [5.41, 5.74) is 1.26. The lowest BCUT2D eigenvalue weighted by Crippen LogP contribution is -2.27. The minimum atomic E-state index is -0.678. The van der Waals surface area contributed by atoms with E-state index in [1.165, 1.54) is 0 Å². The van der Waals surface area contributed by atoms with E-state index in [-0.39, 0.29) is 5.78 Å². The van der Waals surface area contributed by atoms with Gasteiger partial charge in [-0.2, -0.15) is 5.26 Å². The van der Waals surface area contributed by atoms with E-state index in [9.17, 15) is 10.1 Å². The molecule has 0 fully saturated rings. The molecular weight excluding hydrogens is 308 g/mol. The number of ketones is 1. The van der Waals surface area contributed by atoms with Crippen LogP contribution < -0.4 is 0 Å². The third-order valence-corrected chi connectivity index (χ3v) is 4.22. The second-order valence-corrected chi connectivity index (χ2v) is 6.23. The Hall–Kier alpha value is -2.18. The summed E-state index contributed by atoms with van der Waals surface area (Å²) in [6, 6.07) is 13.7. The van der Waals surface area contributed by atoms with E-state index in [1.54, 1.807) is 31.5 Å². The van der Waals surface area contributed by atoms with Crippen molar-refractivity contribution in [3.63, 3.8) is 0 Å². The van der Waals surface area contributed by atoms with Crippen LogP contribution in [0.1, 0.15) is 37.3 Å². The molecule has 0 saturated heterocycles. The van der Waals surface area contributed by atoms with Gasteiger partial charge in [0.25, 0.3) is 0 Å². The summed E-state index contributed by atoms with van der Waals surface area (Å²) in [7, 11) is 0. The molecule has 0 saturated carbocycles. The Bertz CT molecular complexity index is 692. The highest BCUT2D eigenvalue weighted by Crippen LogP contribution is 2.34. The minimum absolute atomic E-state index is 0.148. The van der Waals surface area contributed by atoms with E-state index in [2.05, 4.69) is 11.1 Å². The van der Waals surface area contributed by atoms with Crippen molar-refractivity contribution < 1.29 is 4.79 Å². The zero-order chi connectivity index (χ0) is 16.7. The fourth-order valence-electron chi connectivity index (χ4n) is 2.75. The number of benzene rings is 1. The quantitative estimate of drug-likeness (QED) is 0.752.